The fourth-order valence-electron chi connectivity index (χ4n) is 3.92. The van der Waals surface area contributed by atoms with E-state index < -0.39 is 10.8 Å². The molecular weight excluding hydrogens is 434 g/mol. The zero-order valence-electron chi connectivity index (χ0n) is 16.8. The zero-order chi connectivity index (χ0) is 22.8. The molecule has 2 aromatic carbocycles. The maximum atomic E-state index is 12.7. The molecule has 4 rings (SSSR count). The van der Waals surface area contributed by atoms with Gasteiger partial charge >= 0.3 is 0 Å². The first-order valence-corrected chi connectivity index (χ1v) is 10.3. The van der Waals surface area contributed by atoms with Crippen LogP contribution in [0.5, 0.6) is 5.75 Å². The third kappa shape index (κ3) is 4.03. The van der Waals surface area contributed by atoms with Crippen molar-refractivity contribution in [1.29, 1.82) is 5.26 Å². The number of hydrogen-bond acceptors (Lipinski definition) is 7. The number of carbonyl (C=O) groups is 1. The minimum absolute atomic E-state index is 0.00642. The van der Waals surface area contributed by atoms with Crippen LogP contribution in [-0.2, 0) is 16.1 Å². The molecule has 0 spiro atoms. The number of non-ortho nitro benzene ring substituents is 1. The number of hydrogen-bond donors (Lipinski definition) is 1. The van der Waals surface area contributed by atoms with Gasteiger partial charge in [0.25, 0.3) is 5.69 Å². The van der Waals surface area contributed by atoms with Gasteiger partial charge in [0.05, 0.1) is 15.9 Å². The second kappa shape index (κ2) is 8.73. The number of rotatable bonds is 5. The molecule has 2 N–H and O–H groups in total. The van der Waals surface area contributed by atoms with E-state index in [1.54, 1.807) is 30.3 Å². The van der Waals surface area contributed by atoms with Gasteiger partial charge in [-0.2, -0.15) is 5.26 Å². The Bertz CT molecular complexity index is 1230. The Morgan fingerprint density at radius 3 is 2.81 bits per heavy atom. The summed E-state index contributed by atoms with van der Waals surface area (Å²) in [6.07, 6.45) is 1.63. The van der Waals surface area contributed by atoms with Crippen LogP contribution in [0, 0.1) is 21.4 Å². The van der Waals surface area contributed by atoms with E-state index in [2.05, 4.69) is 6.07 Å². The second-order valence-corrected chi connectivity index (χ2v) is 7.85. The number of allylic oxidation sites excluding steroid dienone is 3. The third-order valence-electron chi connectivity index (χ3n) is 5.41. The van der Waals surface area contributed by atoms with Crippen molar-refractivity contribution in [1.82, 2.24) is 0 Å². The first-order chi connectivity index (χ1) is 15.4. The molecule has 0 fully saturated rings. The molecule has 0 saturated heterocycles. The van der Waals surface area contributed by atoms with E-state index in [0.29, 0.717) is 47.5 Å². The first-order valence-electron chi connectivity index (χ1n) is 9.88. The quantitative estimate of drug-likeness (QED) is 0.517. The van der Waals surface area contributed by atoms with E-state index in [1.165, 1.54) is 12.1 Å². The van der Waals surface area contributed by atoms with Crippen molar-refractivity contribution in [3.8, 4) is 11.8 Å². The molecule has 0 amide bonds. The molecule has 2 aromatic rings. The number of benzene rings is 2. The van der Waals surface area contributed by atoms with E-state index in [4.69, 9.17) is 26.8 Å². The molecule has 32 heavy (non-hydrogen) atoms. The SMILES string of the molecule is N#CC1=C(N)OC2=C(C(=O)CCC2)[C@H]1c1ccc(OCc2cccc([N+](=O)[O-])c2)c(Cl)c1. The highest BCUT2D eigenvalue weighted by atomic mass is 35.5. The van der Waals surface area contributed by atoms with Gasteiger partial charge < -0.3 is 15.2 Å². The molecule has 162 valence electrons. The molecule has 0 aromatic heterocycles. The lowest BCUT2D eigenvalue weighted by molar-refractivity contribution is -0.384. The van der Waals surface area contributed by atoms with E-state index in [9.17, 15) is 20.2 Å². The molecule has 9 heteroatoms. The van der Waals surface area contributed by atoms with Crippen molar-refractivity contribution < 1.29 is 19.2 Å². The molecule has 0 unspecified atom stereocenters. The largest absolute Gasteiger partial charge is 0.487 e. The van der Waals surface area contributed by atoms with Crippen LogP contribution in [0.2, 0.25) is 5.02 Å². The molecule has 0 saturated carbocycles. The molecule has 0 radical (unpaired) electrons. The molecule has 2 aliphatic rings. The fourth-order valence-corrected chi connectivity index (χ4v) is 4.17. The lowest BCUT2D eigenvalue weighted by Crippen LogP contribution is -2.27. The summed E-state index contributed by atoms with van der Waals surface area (Å²) in [5, 5.41) is 20.9. The highest BCUT2D eigenvalue weighted by molar-refractivity contribution is 6.32. The molecule has 1 aliphatic heterocycles. The number of nitrogens with two attached hydrogens (primary N) is 1. The monoisotopic (exact) mass is 451 g/mol. The smallest absolute Gasteiger partial charge is 0.269 e. The van der Waals surface area contributed by atoms with Crippen LogP contribution >= 0.6 is 11.6 Å². The predicted molar refractivity (Wildman–Crippen MR) is 115 cm³/mol. The summed E-state index contributed by atoms with van der Waals surface area (Å²) >= 11 is 6.44. The topological polar surface area (TPSA) is 128 Å². The Morgan fingerprint density at radius 1 is 1.28 bits per heavy atom. The van der Waals surface area contributed by atoms with Crippen molar-refractivity contribution in [2.24, 2.45) is 5.73 Å². The third-order valence-corrected chi connectivity index (χ3v) is 5.71. The van der Waals surface area contributed by atoms with E-state index in [0.717, 1.165) is 0 Å². The Morgan fingerprint density at radius 2 is 2.09 bits per heavy atom. The zero-order valence-corrected chi connectivity index (χ0v) is 17.6. The van der Waals surface area contributed by atoms with Crippen LogP contribution in [0.15, 0.2) is 65.3 Å². The molecule has 0 bridgehead atoms. The minimum Gasteiger partial charge on any atom is -0.487 e. The van der Waals surface area contributed by atoms with Crippen LogP contribution < -0.4 is 10.5 Å². The van der Waals surface area contributed by atoms with E-state index in [1.807, 2.05) is 0 Å². The number of ketones is 1. The highest BCUT2D eigenvalue weighted by Gasteiger charge is 2.38. The first kappa shape index (κ1) is 21.4. The van der Waals surface area contributed by atoms with Gasteiger partial charge in [0.15, 0.2) is 5.78 Å². The van der Waals surface area contributed by atoms with Gasteiger partial charge in [0.1, 0.15) is 29.8 Å². The number of ether oxygens (including phenoxy) is 2. The van der Waals surface area contributed by atoms with Gasteiger partial charge in [-0.25, -0.2) is 0 Å². The van der Waals surface area contributed by atoms with Crippen molar-refractivity contribution in [3.63, 3.8) is 0 Å². The number of Topliss-reactive ketones (excluding diaryl/α,β-unsaturated/α-hetero) is 1. The summed E-state index contributed by atoms with van der Waals surface area (Å²) in [4.78, 5) is 23.1. The number of carbonyl (C=O) groups excluding carboxylic acids is 1. The standard InChI is InChI=1S/C23H18ClN3O5/c24-17-10-14(7-8-19(17)31-12-13-3-1-4-15(9-13)27(29)30)21-16(11-25)23(26)32-20-6-2-5-18(28)22(20)21/h1,3-4,7-10,21H,2,5-6,12,26H2/t21-/m0/s1. The number of nitro benzene ring substituents is 1. The number of nitriles is 1. The van der Waals surface area contributed by atoms with Crippen LogP contribution in [-0.4, -0.2) is 10.7 Å². The Balaban J connectivity index is 1.62. The van der Waals surface area contributed by atoms with Gasteiger partial charge in [-0.1, -0.05) is 29.8 Å². The van der Waals surface area contributed by atoms with Crippen LogP contribution in [0.3, 0.4) is 0 Å². The molecule has 8 nitrogen and oxygen atoms in total. The number of nitrogens with zero attached hydrogens (tertiary/aromatic N) is 2. The average molecular weight is 452 g/mol. The van der Waals surface area contributed by atoms with Gasteiger partial charge in [-0.15, -0.1) is 0 Å². The highest BCUT2D eigenvalue weighted by Crippen LogP contribution is 2.44. The minimum atomic E-state index is -0.653. The Hall–Kier alpha value is -3.83. The van der Waals surface area contributed by atoms with Gasteiger partial charge in [0, 0.05) is 30.5 Å². The maximum absolute atomic E-state index is 12.7. The van der Waals surface area contributed by atoms with Crippen molar-refractivity contribution in [2.75, 3.05) is 0 Å². The fraction of sp³-hybridized carbons (Fsp3) is 0.217. The number of halogens is 1. The molecule has 1 atom stereocenters. The van der Waals surface area contributed by atoms with Crippen molar-refractivity contribution >= 4 is 23.1 Å². The summed E-state index contributed by atoms with van der Waals surface area (Å²) in [6, 6.07) is 13.2. The number of nitro groups is 1. The van der Waals surface area contributed by atoms with E-state index >= 15 is 0 Å². The lowest BCUT2D eigenvalue weighted by Gasteiger charge is -2.31. The predicted octanol–water partition coefficient (Wildman–Crippen LogP) is 4.64. The second-order valence-electron chi connectivity index (χ2n) is 7.44. The molecule has 1 heterocycles. The summed E-state index contributed by atoms with van der Waals surface area (Å²) in [5.41, 5.74) is 7.80. The summed E-state index contributed by atoms with van der Waals surface area (Å²) in [7, 11) is 0. The Kier molecular flexibility index (Phi) is 5.84. The molecular formula is C23H18ClN3O5. The average Bonchev–Trinajstić information content (AvgIpc) is 2.77. The normalized spacial score (nSPS) is 18.0. The summed E-state index contributed by atoms with van der Waals surface area (Å²) in [5.74, 6) is 0.144. The van der Waals surface area contributed by atoms with Gasteiger partial charge in [-0.3, -0.25) is 14.9 Å². The van der Waals surface area contributed by atoms with Crippen molar-refractivity contribution in [3.05, 3.63) is 91.5 Å². The Labute approximate surface area is 188 Å². The summed E-state index contributed by atoms with van der Waals surface area (Å²) < 4.78 is 11.3. The van der Waals surface area contributed by atoms with Crippen LogP contribution in [0.1, 0.15) is 36.3 Å². The molecule has 1 aliphatic carbocycles. The summed E-state index contributed by atoms with van der Waals surface area (Å²) in [6.45, 7) is 0.0854. The van der Waals surface area contributed by atoms with E-state index in [-0.39, 0.29) is 34.6 Å². The maximum Gasteiger partial charge on any atom is 0.269 e. The van der Waals surface area contributed by atoms with Gasteiger partial charge in [-0.05, 0) is 29.7 Å². The van der Waals surface area contributed by atoms with Crippen molar-refractivity contribution in [2.45, 2.75) is 31.8 Å². The van der Waals surface area contributed by atoms with Crippen LogP contribution in [0.4, 0.5) is 5.69 Å². The van der Waals surface area contributed by atoms with Crippen LogP contribution in [0.25, 0.3) is 0 Å². The lowest BCUT2D eigenvalue weighted by atomic mass is 9.77. The van der Waals surface area contributed by atoms with Gasteiger partial charge in [0.2, 0.25) is 5.88 Å².